The first-order chi connectivity index (χ1) is 11.5. The van der Waals surface area contributed by atoms with Gasteiger partial charge in [0.25, 0.3) is 5.69 Å². The summed E-state index contributed by atoms with van der Waals surface area (Å²) in [7, 11) is 0. The molecular weight excluding hydrogens is 312 g/mol. The molecule has 7 nitrogen and oxygen atoms in total. The number of hydrogen-bond acceptors (Lipinski definition) is 6. The van der Waals surface area contributed by atoms with Crippen molar-refractivity contribution < 1.29 is 18.9 Å². The number of nitro benzene ring substituents is 1. The molecule has 0 saturated carbocycles. The molecule has 1 heterocycles. The number of benzene rings is 1. The quantitative estimate of drug-likeness (QED) is 0.201. The van der Waals surface area contributed by atoms with Crippen LogP contribution in [0.1, 0.15) is 5.76 Å². The van der Waals surface area contributed by atoms with Crippen LogP contribution in [0.2, 0.25) is 0 Å². The summed E-state index contributed by atoms with van der Waals surface area (Å²) in [6.07, 6.45) is 2.66. The van der Waals surface area contributed by atoms with Crippen LogP contribution >= 0.6 is 0 Å². The fourth-order valence-electron chi connectivity index (χ4n) is 1.82. The molecule has 0 unspecified atom stereocenters. The molecule has 0 N–H and O–H groups in total. The molecule has 0 aliphatic heterocycles. The third kappa shape index (κ3) is 3.96. The molecule has 1 aromatic carbocycles. The van der Waals surface area contributed by atoms with Crippen LogP contribution in [0.25, 0.3) is 17.4 Å². The minimum Gasteiger partial charge on any atom is -0.457 e. The van der Waals surface area contributed by atoms with Crippen molar-refractivity contribution in [1.82, 2.24) is 0 Å². The molecule has 0 atom stereocenters. The molecule has 0 saturated heterocycles. The predicted molar refractivity (Wildman–Crippen MR) is 85.5 cm³/mol. The first-order valence-corrected chi connectivity index (χ1v) is 6.79. The molecule has 2 rings (SSSR count). The third-order valence-corrected chi connectivity index (χ3v) is 2.95. The van der Waals surface area contributed by atoms with Crippen LogP contribution in [0.15, 0.2) is 59.0 Å². The minimum absolute atomic E-state index is 0.00402. The van der Waals surface area contributed by atoms with Crippen LogP contribution in [0.5, 0.6) is 0 Å². The summed E-state index contributed by atoms with van der Waals surface area (Å²) in [5.41, 5.74) is 0.400. The van der Waals surface area contributed by atoms with Gasteiger partial charge in [0.15, 0.2) is 0 Å². The number of rotatable bonds is 6. The largest absolute Gasteiger partial charge is 0.457 e. The lowest BCUT2D eigenvalue weighted by Gasteiger charge is -1.99. The summed E-state index contributed by atoms with van der Waals surface area (Å²) in [5.74, 6) is -0.0333. The fourth-order valence-corrected chi connectivity index (χ4v) is 1.82. The van der Waals surface area contributed by atoms with Gasteiger partial charge in [-0.3, -0.25) is 10.1 Å². The fraction of sp³-hybridized carbons (Fsp3) is 0.0588. The van der Waals surface area contributed by atoms with E-state index in [0.717, 1.165) is 0 Å². The molecule has 0 spiro atoms. The van der Waals surface area contributed by atoms with Crippen LogP contribution in [0.3, 0.4) is 0 Å². The van der Waals surface area contributed by atoms with Gasteiger partial charge in [0.2, 0.25) is 0 Å². The van der Waals surface area contributed by atoms with Gasteiger partial charge in [-0.05, 0) is 24.3 Å². The van der Waals surface area contributed by atoms with Crippen molar-refractivity contribution in [3.8, 4) is 17.4 Å². The van der Waals surface area contributed by atoms with Gasteiger partial charge in [0, 0.05) is 23.8 Å². The van der Waals surface area contributed by atoms with Crippen molar-refractivity contribution in [2.24, 2.45) is 0 Å². The second-order valence-electron chi connectivity index (χ2n) is 4.56. The van der Waals surface area contributed by atoms with Crippen molar-refractivity contribution in [3.63, 3.8) is 0 Å². The summed E-state index contributed by atoms with van der Waals surface area (Å²) in [5, 5.41) is 19.7. The highest BCUT2D eigenvalue weighted by Crippen LogP contribution is 2.25. The van der Waals surface area contributed by atoms with Crippen molar-refractivity contribution in [2.45, 2.75) is 0 Å². The molecular formula is C17H12N2O5. The summed E-state index contributed by atoms with van der Waals surface area (Å²) >= 11 is 0. The maximum Gasteiger partial charge on any atom is 0.349 e. The molecule has 24 heavy (non-hydrogen) atoms. The number of carbonyl (C=O) groups excluding carboxylic acids is 1. The van der Waals surface area contributed by atoms with Gasteiger partial charge < -0.3 is 9.15 Å². The highest BCUT2D eigenvalue weighted by molar-refractivity contribution is 5.97. The third-order valence-electron chi connectivity index (χ3n) is 2.95. The molecule has 0 radical (unpaired) electrons. The lowest BCUT2D eigenvalue weighted by atomic mass is 10.1. The topological polar surface area (TPSA) is 106 Å². The Morgan fingerprint density at radius 1 is 1.33 bits per heavy atom. The maximum absolute atomic E-state index is 11.6. The highest BCUT2D eigenvalue weighted by Gasteiger charge is 2.12. The molecule has 120 valence electrons. The van der Waals surface area contributed by atoms with E-state index >= 15 is 0 Å². The number of nitro groups is 1. The van der Waals surface area contributed by atoms with E-state index in [1.54, 1.807) is 30.3 Å². The highest BCUT2D eigenvalue weighted by atomic mass is 16.6. The van der Waals surface area contributed by atoms with Crippen LogP contribution in [0.4, 0.5) is 5.69 Å². The van der Waals surface area contributed by atoms with E-state index in [0.29, 0.717) is 11.3 Å². The SMILES string of the molecule is C=CCOC(=O)C(C#N)=Cc1ccc(-c2ccc([N+](=O)[O-])cc2)o1. The van der Waals surface area contributed by atoms with Gasteiger partial charge >= 0.3 is 5.97 Å². The summed E-state index contributed by atoms with van der Waals surface area (Å²) < 4.78 is 10.3. The molecule has 0 fully saturated rings. The van der Waals surface area contributed by atoms with E-state index in [1.165, 1.54) is 24.3 Å². The van der Waals surface area contributed by atoms with E-state index in [9.17, 15) is 14.9 Å². The summed E-state index contributed by atoms with van der Waals surface area (Å²) in [6.45, 7) is 3.42. The lowest BCUT2D eigenvalue weighted by molar-refractivity contribution is -0.384. The zero-order chi connectivity index (χ0) is 17.5. The molecule has 0 bridgehead atoms. The van der Waals surface area contributed by atoms with Crippen molar-refractivity contribution >= 4 is 17.7 Å². The van der Waals surface area contributed by atoms with Gasteiger partial charge in [-0.15, -0.1) is 0 Å². The van der Waals surface area contributed by atoms with Gasteiger partial charge in [-0.25, -0.2) is 4.79 Å². The summed E-state index contributed by atoms with van der Waals surface area (Å²) in [6, 6.07) is 10.8. The zero-order valence-corrected chi connectivity index (χ0v) is 12.5. The molecule has 0 aliphatic carbocycles. The van der Waals surface area contributed by atoms with E-state index in [-0.39, 0.29) is 23.6 Å². The number of ether oxygens (including phenoxy) is 1. The standard InChI is InChI=1S/C17H12N2O5/c1-2-9-23-17(20)13(11-18)10-15-7-8-16(24-15)12-3-5-14(6-4-12)19(21)22/h2-8,10H,1,9H2. The Hall–Kier alpha value is -3.66. The molecule has 0 aliphatic rings. The molecule has 7 heteroatoms. The van der Waals surface area contributed by atoms with E-state index in [4.69, 9.17) is 14.4 Å². The van der Waals surface area contributed by atoms with Gasteiger partial charge in [0.1, 0.15) is 29.8 Å². The van der Waals surface area contributed by atoms with Gasteiger partial charge in [-0.1, -0.05) is 12.7 Å². The molecule has 0 amide bonds. The summed E-state index contributed by atoms with van der Waals surface area (Å²) in [4.78, 5) is 21.8. The average Bonchev–Trinajstić information content (AvgIpc) is 3.06. The number of carbonyl (C=O) groups is 1. The van der Waals surface area contributed by atoms with Crippen molar-refractivity contribution in [2.75, 3.05) is 6.61 Å². The van der Waals surface area contributed by atoms with Crippen LogP contribution < -0.4 is 0 Å². The number of esters is 1. The number of nitrogens with zero attached hydrogens (tertiary/aromatic N) is 2. The monoisotopic (exact) mass is 324 g/mol. The Labute approximate surface area is 137 Å². The van der Waals surface area contributed by atoms with Crippen LogP contribution in [0, 0.1) is 21.4 Å². The Bertz CT molecular complexity index is 841. The Balaban J connectivity index is 2.21. The van der Waals surface area contributed by atoms with Crippen molar-refractivity contribution in [3.05, 3.63) is 70.5 Å². The first kappa shape index (κ1) is 16.7. The maximum atomic E-state index is 11.6. The Morgan fingerprint density at radius 2 is 2.04 bits per heavy atom. The van der Waals surface area contributed by atoms with Crippen molar-refractivity contribution in [1.29, 1.82) is 5.26 Å². The van der Waals surface area contributed by atoms with Crippen LogP contribution in [-0.4, -0.2) is 17.5 Å². The van der Waals surface area contributed by atoms with Crippen LogP contribution in [-0.2, 0) is 9.53 Å². The normalized spacial score (nSPS) is 10.7. The van der Waals surface area contributed by atoms with E-state index in [1.807, 2.05) is 0 Å². The van der Waals surface area contributed by atoms with Gasteiger partial charge in [-0.2, -0.15) is 5.26 Å². The number of nitriles is 1. The van der Waals surface area contributed by atoms with Gasteiger partial charge in [0.05, 0.1) is 4.92 Å². The molecule has 1 aromatic heterocycles. The lowest BCUT2D eigenvalue weighted by Crippen LogP contribution is -2.06. The second kappa shape index (κ2) is 7.56. The number of furan rings is 1. The smallest absolute Gasteiger partial charge is 0.349 e. The van der Waals surface area contributed by atoms with E-state index in [2.05, 4.69) is 6.58 Å². The number of non-ortho nitro benzene ring substituents is 1. The minimum atomic E-state index is -0.773. The average molecular weight is 324 g/mol. The Kier molecular flexibility index (Phi) is 5.26. The van der Waals surface area contributed by atoms with E-state index < -0.39 is 10.9 Å². The number of hydrogen-bond donors (Lipinski definition) is 0. The molecule has 2 aromatic rings. The zero-order valence-electron chi connectivity index (χ0n) is 12.5. The predicted octanol–water partition coefficient (Wildman–Crippen LogP) is 3.49. The second-order valence-corrected chi connectivity index (χ2v) is 4.56. The first-order valence-electron chi connectivity index (χ1n) is 6.79. The Morgan fingerprint density at radius 3 is 2.62 bits per heavy atom.